The Morgan fingerprint density at radius 2 is 1.67 bits per heavy atom. The van der Waals surface area contributed by atoms with Crippen LogP contribution in [0.4, 0.5) is 0 Å². The highest BCUT2D eigenvalue weighted by Crippen LogP contribution is 2.21. The van der Waals surface area contributed by atoms with Gasteiger partial charge in [-0.05, 0) is 37.1 Å². The zero-order chi connectivity index (χ0) is 11.5. The molecule has 0 atom stereocenters. The molecule has 15 heavy (non-hydrogen) atoms. The smallest absolute Gasteiger partial charge is 0.0227 e. The van der Waals surface area contributed by atoms with Gasteiger partial charge in [0, 0.05) is 6.54 Å². The minimum Gasteiger partial charge on any atom is -0.305 e. The summed E-state index contributed by atoms with van der Waals surface area (Å²) in [6, 6.07) is 8.92. The average Bonchev–Trinajstić information content (AvgIpc) is 1.99. The summed E-state index contributed by atoms with van der Waals surface area (Å²) in [6.45, 7) is 7.88. The van der Waals surface area contributed by atoms with E-state index in [0.29, 0.717) is 5.41 Å². The molecule has 1 rings (SSSR count). The molecule has 1 heteroatoms. The lowest BCUT2D eigenvalue weighted by molar-refractivity contribution is 0.399. The highest BCUT2D eigenvalue weighted by Gasteiger charge is 2.11. The molecular formula is C14H23N. The molecule has 0 aliphatic rings. The van der Waals surface area contributed by atoms with Crippen LogP contribution in [0.2, 0.25) is 0 Å². The summed E-state index contributed by atoms with van der Waals surface area (Å²) in [7, 11) is 4.22. The number of benzene rings is 1. The molecule has 0 spiro atoms. The van der Waals surface area contributed by atoms with Gasteiger partial charge in [-0.3, -0.25) is 0 Å². The van der Waals surface area contributed by atoms with Crippen LogP contribution in [0.3, 0.4) is 0 Å². The highest BCUT2D eigenvalue weighted by molar-refractivity contribution is 5.24. The second kappa shape index (κ2) is 4.80. The molecule has 0 radical (unpaired) electrons. The average molecular weight is 205 g/mol. The maximum atomic E-state index is 2.32. The molecule has 0 bridgehead atoms. The number of hydrogen-bond acceptors (Lipinski definition) is 1. The second-order valence-corrected chi connectivity index (χ2v) is 5.80. The predicted octanol–water partition coefficient (Wildman–Crippen LogP) is 3.34. The van der Waals surface area contributed by atoms with E-state index in [1.165, 1.54) is 11.1 Å². The van der Waals surface area contributed by atoms with E-state index >= 15 is 0 Å². The van der Waals surface area contributed by atoms with E-state index in [4.69, 9.17) is 0 Å². The highest BCUT2D eigenvalue weighted by atomic mass is 15.0. The Morgan fingerprint density at radius 1 is 1.07 bits per heavy atom. The van der Waals surface area contributed by atoms with Crippen molar-refractivity contribution in [2.75, 3.05) is 14.1 Å². The molecule has 0 heterocycles. The van der Waals surface area contributed by atoms with Gasteiger partial charge in [0.25, 0.3) is 0 Å². The van der Waals surface area contributed by atoms with Crippen molar-refractivity contribution in [3.63, 3.8) is 0 Å². The van der Waals surface area contributed by atoms with Crippen LogP contribution in [0.1, 0.15) is 31.9 Å². The molecule has 0 aliphatic heterocycles. The van der Waals surface area contributed by atoms with Gasteiger partial charge in [0.2, 0.25) is 0 Å². The van der Waals surface area contributed by atoms with Crippen LogP contribution in [0, 0.1) is 5.41 Å². The minimum atomic E-state index is 0.372. The summed E-state index contributed by atoms with van der Waals surface area (Å²) in [6.07, 6.45) is 1.15. The number of hydrogen-bond donors (Lipinski definition) is 0. The van der Waals surface area contributed by atoms with Crippen molar-refractivity contribution >= 4 is 0 Å². The molecule has 1 aromatic carbocycles. The molecule has 84 valence electrons. The Bertz CT molecular complexity index is 307. The molecule has 0 N–H and O–H groups in total. The lowest BCUT2D eigenvalue weighted by Crippen LogP contribution is -2.12. The van der Waals surface area contributed by atoms with Crippen molar-refractivity contribution in [2.45, 2.75) is 33.7 Å². The molecule has 1 aromatic rings. The summed E-state index contributed by atoms with van der Waals surface area (Å²) in [5.74, 6) is 0. The largest absolute Gasteiger partial charge is 0.305 e. The van der Waals surface area contributed by atoms with E-state index in [0.717, 1.165) is 13.0 Å². The Morgan fingerprint density at radius 3 is 2.20 bits per heavy atom. The van der Waals surface area contributed by atoms with Gasteiger partial charge in [0.1, 0.15) is 0 Å². The van der Waals surface area contributed by atoms with Gasteiger partial charge in [-0.25, -0.2) is 0 Å². The summed E-state index contributed by atoms with van der Waals surface area (Å²) in [5, 5.41) is 0. The number of nitrogens with zero attached hydrogens (tertiary/aromatic N) is 1. The molecule has 0 aromatic heterocycles. The summed E-state index contributed by atoms with van der Waals surface area (Å²) in [5.41, 5.74) is 3.22. The van der Waals surface area contributed by atoms with Crippen LogP contribution >= 0.6 is 0 Å². The zero-order valence-corrected chi connectivity index (χ0v) is 10.7. The standard InChI is InChI=1S/C14H23N/c1-14(2,3)10-12-7-6-8-13(9-12)11-15(4)5/h6-9H,10-11H2,1-5H3. The third-order valence-corrected chi connectivity index (χ3v) is 2.22. The van der Waals surface area contributed by atoms with Crippen LogP contribution in [0.25, 0.3) is 0 Å². The monoisotopic (exact) mass is 205 g/mol. The minimum absolute atomic E-state index is 0.372. The topological polar surface area (TPSA) is 3.24 Å². The first-order valence-corrected chi connectivity index (χ1v) is 5.59. The fourth-order valence-corrected chi connectivity index (χ4v) is 1.82. The van der Waals surface area contributed by atoms with Crippen LogP contribution < -0.4 is 0 Å². The molecular weight excluding hydrogens is 182 g/mol. The summed E-state index contributed by atoms with van der Waals surface area (Å²) in [4.78, 5) is 2.20. The first-order valence-electron chi connectivity index (χ1n) is 5.59. The SMILES string of the molecule is CN(C)Cc1cccc(CC(C)(C)C)c1. The molecule has 0 saturated heterocycles. The van der Waals surface area contributed by atoms with Crippen molar-refractivity contribution in [1.82, 2.24) is 4.90 Å². The maximum absolute atomic E-state index is 2.32. The predicted molar refractivity (Wildman–Crippen MR) is 67.0 cm³/mol. The Kier molecular flexibility index (Phi) is 3.92. The zero-order valence-electron chi connectivity index (χ0n) is 10.7. The van der Waals surface area contributed by atoms with Crippen molar-refractivity contribution in [1.29, 1.82) is 0 Å². The molecule has 0 aliphatic carbocycles. The summed E-state index contributed by atoms with van der Waals surface area (Å²) >= 11 is 0. The Balaban J connectivity index is 2.74. The molecule has 0 unspecified atom stereocenters. The molecule has 0 amide bonds. The fourth-order valence-electron chi connectivity index (χ4n) is 1.82. The Labute approximate surface area is 94.1 Å². The van der Waals surface area contributed by atoms with Crippen LogP contribution in [-0.2, 0) is 13.0 Å². The van der Waals surface area contributed by atoms with Gasteiger partial charge in [-0.2, -0.15) is 0 Å². The van der Waals surface area contributed by atoms with Crippen molar-refractivity contribution in [3.8, 4) is 0 Å². The first-order chi connectivity index (χ1) is 6.87. The molecule has 0 saturated carbocycles. The molecule has 0 fully saturated rings. The normalized spacial score (nSPS) is 12.1. The molecule has 1 nitrogen and oxygen atoms in total. The van der Waals surface area contributed by atoms with Gasteiger partial charge in [-0.1, -0.05) is 45.0 Å². The third-order valence-electron chi connectivity index (χ3n) is 2.22. The van der Waals surface area contributed by atoms with Gasteiger partial charge >= 0.3 is 0 Å². The number of rotatable bonds is 3. The van der Waals surface area contributed by atoms with E-state index in [1.807, 2.05) is 0 Å². The van der Waals surface area contributed by atoms with E-state index in [2.05, 4.69) is 64.0 Å². The van der Waals surface area contributed by atoms with Crippen molar-refractivity contribution in [3.05, 3.63) is 35.4 Å². The van der Waals surface area contributed by atoms with E-state index in [9.17, 15) is 0 Å². The van der Waals surface area contributed by atoms with Crippen LogP contribution in [0.5, 0.6) is 0 Å². The van der Waals surface area contributed by atoms with Crippen LogP contribution in [-0.4, -0.2) is 19.0 Å². The maximum Gasteiger partial charge on any atom is 0.0227 e. The lowest BCUT2D eigenvalue weighted by Gasteiger charge is -2.19. The van der Waals surface area contributed by atoms with E-state index in [1.54, 1.807) is 0 Å². The van der Waals surface area contributed by atoms with E-state index in [-0.39, 0.29) is 0 Å². The van der Waals surface area contributed by atoms with Gasteiger partial charge in [0.05, 0.1) is 0 Å². The Hall–Kier alpha value is -0.820. The van der Waals surface area contributed by atoms with Gasteiger partial charge in [-0.15, -0.1) is 0 Å². The fraction of sp³-hybridized carbons (Fsp3) is 0.571. The van der Waals surface area contributed by atoms with Gasteiger partial charge < -0.3 is 4.90 Å². The van der Waals surface area contributed by atoms with Crippen LogP contribution in [0.15, 0.2) is 24.3 Å². The van der Waals surface area contributed by atoms with E-state index < -0.39 is 0 Å². The van der Waals surface area contributed by atoms with Crippen molar-refractivity contribution < 1.29 is 0 Å². The lowest BCUT2D eigenvalue weighted by atomic mass is 9.88. The third kappa shape index (κ3) is 4.98. The first kappa shape index (κ1) is 12.3. The second-order valence-electron chi connectivity index (χ2n) is 5.80. The summed E-state index contributed by atoms with van der Waals surface area (Å²) < 4.78 is 0. The van der Waals surface area contributed by atoms with Crippen molar-refractivity contribution in [2.24, 2.45) is 5.41 Å². The van der Waals surface area contributed by atoms with Gasteiger partial charge in [0.15, 0.2) is 0 Å². The quantitative estimate of drug-likeness (QED) is 0.731.